The quantitative estimate of drug-likeness (QED) is 0.470. The summed E-state index contributed by atoms with van der Waals surface area (Å²) in [7, 11) is 0. The Morgan fingerprint density at radius 3 is 2.36 bits per heavy atom. The number of carbonyl (C=O) groups excluding carboxylic acids is 1. The van der Waals surface area contributed by atoms with Crippen molar-refractivity contribution in [1.82, 2.24) is 0 Å². The van der Waals surface area contributed by atoms with E-state index in [0.717, 1.165) is 0 Å². The standard InChI is InChI=1S/C7H7NO2.K.H/c8-7(10)5-3-1-2-4-6(5)9;;/h1-4,9H,(H2,8,10);;/q;+1;-1. The third-order valence-electron chi connectivity index (χ3n) is 1.17. The molecule has 0 aliphatic carbocycles. The van der Waals surface area contributed by atoms with Crippen molar-refractivity contribution in [2.45, 2.75) is 0 Å². The number of amides is 1. The fourth-order valence-electron chi connectivity index (χ4n) is 0.682. The first-order chi connectivity index (χ1) is 4.72. The molecule has 0 aliphatic rings. The number of hydrogen-bond acceptors (Lipinski definition) is 2. The normalized spacial score (nSPS) is 8.36. The zero-order valence-corrected chi connectivity index (χ0v) is 9.37. The van der Waals surface area contributed by atoms with Crippen molar-refractivity contribution in [3.05, 3.63) is 29.8 Å². The van der Waals surface area contributed by atoms with Gasteiger partial charge in [-0.25, -0.2) is 0 Å². The van der Waals surface area contributed by atoms with E-state index < -0.39 is 5.91 Å². The van der Waals surface area contributed by atoms with Crippen LogP contribution in [-0.2, 0) is 0 Å². The van der Waals surface area contributed by atoms with Crippen molar-refractivity contribution in [3.8, 4) is 5.75 Å². The van der Waals surface area contributed by atoms with Crippen LogP contribution in [0.25, 0.3) is 0 Å². The maximum absolute atomic E-state index is 10.5. The zero-order valence-electron chi connectivity index (χ0n) is 7.24. The summed E-state index contributed by atoms with van der Waals surface area (Å²) in [5, 5.41) is 8.98. The van der Waals surface area contributed by atoms with Crippen LogP contribution in [0.4, 0.5) is 0 Å². The minimum absolute atomic E-state index is 0. The van der Waals surface area contributed by atoms with E-state index in [-0.39, 0.29) is 64.1 Å². The van der Waals surface area contributed by atoms with E-state index in [1.807, 2.05) is 0 Å². The number of nitrogens with two attached hydrogens (primary N) is 1. The van der Waals surface area contributed by atoms with Gasteiger partial charge in [-0.3, -0.25) is 4.79 Å². The van der Waals surface area contributed by atoms with Gasteiger partial charge in [-0.1, -0.05) is 12.1 Å². The van der Waals surface area contributed by atoms with Crippen molar-refractivity contribution in [1.29, 1.82) is 0 Å². The molecular weight excluding hydrogens is 169 g/mol. The molecule has 0 aromatic heterocycles. The van der Waals surface area contributed by atoms with Gasteiger partial charge in [0.15, 0.2) is 0 Å². The molecule has 0 radical (unpaired) electrons. The van der Waals surface area contributed by atoms with Crippen LogP contribution >= 0.6 is 0 Å². The molecule has 3 nitrogen and oxygen atoms in total. The van der Waals surface area contributed by atoms with Crippen molar-refractivity contribution in [2.75, 3.05) is 0 Å². The fourth-order valence-corrected chi connectivity index (χ4v) is 0.682. The first-order valence-corrected chi connectivity index (χ1v) is 2.79. The zero-order chi connectivity index (χ0) is 7.56. The second-order valence-electron chi connectivity index (χ2n) is 1.88. The number of benzene rings is 1. The fraction of sp³-hybridized carbons (Fsp3) is 0. The van der Waals surface area contributed by atoms with Crippen molar-refractivity contribution >= 4 is 5.91 Å². The van der Waals surface area contributed by atoms with E-state index in [9.17, 15) is 4.79 Å². The molecule has 1 rings (SSSR count). The molecule has 0 aliphatic heterocycles. The largest absolute Gasteiger partial charge is 1.00 e. The monoisotopic (exact) mass is 177 g/mol. The van der Waals surface area contributed by atoms with E-state index in [1.165, 1.54) is 12.1 Å². The molecule has 11 heavy (non-hydrogen) atoms. The summed E-state index contributed by atoms with van der Waals surface area (Å²) in [4.78, 5) is 10.5. The predicted octanol–water partition coefficient (Wildman–Crippen LogP) is -2.39. The molecule has 0 bridgehead atoms. The first kappa shape index (κ1) is 11.1. The number of aromatic hydroxyl groups is 1. The number of rotatable bonds is 1. The van der Waals surface area contributed by atoms with Gasteiger partial charge in [-0.15, -0.1) is 0 Å². The van der Waals surface area contributed by atoms with Gasteiger partial charge in [0.1, 0.15) is 5.75 Å². The Bertz CT molecular complexity index is 267. The Kier molecular flexibility index (Phi) is 4.95. The number of primary amides is 1. The average molecular weight is 177 g/mol. The topological polar surface area (TPSA) is 63.3 Å². The third kappa shape index (κ3) is 2.92. The maximum atomic E-state index is 10.5. The molecule has 0 saturated heterocycles. The molecule has 0 saturated carbocycles. The first-order valence-electron chi connectivity index (χ1n) is 2.79. The minimum atomic E-state index is -0.613. The number of phenols is 1. The third-order valence-corrected chi connectivity index (χ3v) is 1.17. The van der Waals surface area contributed by atoms with E-state index >= 15 is 0 Å². The number of para-hydroxylation sites is 1. The van der Waals surface area contributed by atoms with Crippen LogP contribution in [-0.4, -0.2) is 11.0 Å². The molecule has 1 aromatic carbocycles. The van der Waals surface area contributed by atoms with E-state index in [0.29, 0.717) is 0 Å². The summed E-state index contributed by atoms with van der Waals surface area (Å²) in [5.41, 5.74) is 5.07. The van der Waals surface area contributed by atoms with Gasteiger partial charge in [0.05, 0.1) is 5.56 Å². The Balaban J connectivity index is 0. The second kappa shape index (κ2) is 4.90. The van der Waals surface area contributed by atoms with E-state index in [1.54, 1.807) is 12.1 Å². The van der Waals surface area contributed by atoms with E-state index in [4.69, 9.17) is 10.8 Å². The Morgan fingerprint density at radius 2 is 2.00 bits per heavy atom. The molecule has 0 atom stereocenters. The molecule has 1 amide bonds. The van der Waals surface area contributed by atoms with Gasteiger partial charge in [0.2, 0.25) is 0 Å². The van der Waals surface area contributed by atoms with Gasteiger partial charge in [0, 0.05) is 0 Å². The summed E-state index contributed by atoms with van der Waals surface area (Å²) in [6, 6.07) is 6.15. The molecule has 0 spiro atoms. The molecule has 0 unspecified atom stereocenters. The number of carbonyl (C=O) groups is 1. The smallest absolute Gasteiger partial charge is 1.00 e. The Hall–Kier alpha value is 0.126. The molecule has 3 N–H and O–H groups in total. The summed E-state index contributed by atoms with van der Waals surface area (Å²) >= 11 is 0. The summed E-state index contributed by atoms with van der Waals surface area (Å²) in [6.45, 7) is 0. The van der Waals surface area contributed by atoms with Crippen LogP contribution in [0.15, 0.2) is 24.3 Å². The van der Waals surface area contributed by atoms with E-state index in [2.05, 4.69) is 0 Å². The van der Waals surface area contributed by atoms with Crippen molar-refractivity contribution in [2.24, 2.45) is 5.73 Å². The van der Waals surface area contributed by atoms with Crippen LogP contribution in [0.1, 0.15) is 11.8 Å². The van der Waals surface area contributed by atoms with Crippen LogP contribution in [0, 0.1) is 0 Å². The summed E-state index contributed by atoms with van der Waals surface area (Å²) in [6.07, 6.45) is 0. The van der Waals surface area contributed by atoms with Gasteiger partial charge >= 0.3 is 51.4 Å². The number of hydrogen-bond donors (Lipinski definition) is 2. The van der Waals surface area contributed by atoms with Crippen LogP contribution in [0.3, 0.4) is 0 Å². The summed E-state index contributed by atoms with van der Waals surface area (Å²) in [5.74, 6) is -0.687. The van der Waals surface area contributed by atoms with Crippen LogP contribution in [0.2, 0.25) is 0 Å². The van der Waals surface area contributed by atoms with Gasteiger partial charge in [-0.05, 0) is 12.1 Å². The molecule has 0 fully saturated rings. The van der Waals surface area contributed by atoms with Crippen molar-refractivity contribution in [3.63, 3.8) is 0 Å². The van der Waals surface area contributed by atoms with Crippen LogP contribution in [0.5, 0.6) is 5.75 Å². The Morgan fingerprint density at radius 1 is 1.45 bits per heavy atom. The molecule has 4 heteroatoms. The average Bonchev–Trinajstić information content (AvgIpc) is 1.88. The second-order valence-corrected chi connectivity index (χ2v) is 1.88. The van der Waals surface area contributed by atoms with Crippen LogP contribution < -0.4 is 57.1 Å². The minimum Gasteiger partial charge on any atom is -1.00 e. The van der Waals surface area contributed by atoms with Gasteiger partial charge in [0.25, 0.3) is 5.91 Å². The molecule has 1 aromatic rings. The predicted molar refractivity (Wildman–Crippen MR) is 37.7 cm³/mol. The van der Waals surface area contributed by atoms with Gasteiger partial charge < -0.3 is 12.3 Å². The maximum Gasteiger partial charge on any atom is 1.00 e. The molecular formula is C7H8KNO2. The SMILES string of the molecule is NC(=O)c1ccccc1O.[H-].[K+]. The molecule has 0 heterocycles. The summed E-state index contributed by atoms with van der Waals surface area (Å²) < 4.78 is 0. The molecule has 54 valence electrons. The Labute approximate surface area is 108 Å². The van der Waals surface area contributed by atoms with Gasteiger partial charge in [-0.2, -0.15) is 0 Å². The van der Waals surface area contributed by atoms with Crippen molar-refractivity contribution < 1.29 is 62.7 Å².